The highest BCUT2D eigenvalue weighted by Gasteiger charge is 2.35. The second kappa shape index (κ2) is 4.32. The molecule has 0 aliphatic heterocycles. The van der Waals surface area contributed by atoms with Crippen LogP contribution in [0.2, 0.25) is 0 Å². The number of imidazole rings is 1. The van der Waals surface area contributed by atoms with Crippen LogP contribution in [0.4, 0.5) is 0 Å². The van der Waals surface area contributed by atoms with Crippen molar-refractivity contribution in [1.29, 1.82) is 0 Å². The van der Waals surface area contributed by atoms with E-state index in [1.165, 1.54) is 37.0 Å². The maximum Gasteiger partial charge on any atom is 0.114 e. The molecule has 4 rings (SSSR count). The van der Waals surface area contributed by atoms with E-state index in [9.17, 15) is 0 Å². The van der Waals surface area contributed by atoms with E-state index in [0.29, 0.717) is 12.0 Å². The predicted molar refractivity (Wildman–Crippen MR) is 80.3 cm³/mol. The fourth-order valence-corrected chi connectivity index (χ4v) is 3.73. The third-order valence-corrected chi connectivity index (χ3v) is 4.99. The van der Waals surface area contributed by atoms with Gasteiger partial charge < -0.3 is 10.3 Å². The van der Waals surface area contributed by atoms with Gasteiger partial charge in [0.1, 0.15) is 5.82 Å². The van der Waals surface area contributed by atoms with E-state index in [-0.39, 0.29) is 6.04 Å². The molecule has 2 aromatic rings. The number of rotatable bonds is 2. The van der Waals surface area contributed by atoms with Gasteiger partial charge in [0.05, 0.1) is 11.0 Å². The molecule has 0 saturated heterocycles. The van der Waals surface area contributed by atoms with E-state index in [4.69, 9.17) is 10.7 Å². The van der Waals surface area contributed by atoms with Gasteiger partial charge in [-0.3, -0.25) is 0 Å². The van der Waals surface area contributed by atoms with Crippen LogP contribution in [0.1, 0.15) is 49.9 Å². The van der Waals surface area contributed by atoms with E-state index >= 15 is 0 Å². The highest BCUT2D eigenvalue weighted by atomic mass is 79.9. The Morgan fingerprint density at radius 2 is 2.05 bits per heavy atom. The minimum absolute atomic E-state index is 0.290. The number of halogens is 1. The molecule has 1 aromatic heterocycles. The highest BCUT2D eigenvalue weighted by molar-refractivity contribution is 9.10. The van der Waals surface area contributed by atoms with Gasteiger partial charge in [0.15, 0.2) is 0 Å². The summed E-state index contributed by atoms with van der Waals surface area (Å²) in [5, 5.41) is 0. The predicted octanol–water partition coefficient (Wildman–Crippen LogP) is 3.73. The van der Waals surface area contributed by atoms with Crippen molar-refractivity contribution in [3.05, 3.63) is 28.5 Å². The maximum atomic E-state index is 6.29. The Morgan fingerprint density at radius 1 is 1.21 bits per heavy atom. The molecule has 19 heavy (non-hydrogen) atoms. The second-order valence-corrected chi connectivity index (χ2v) is 6.82. The highest BCUT2D eigenvalue weighted by Crippen LogP contribution is 2.43. The van der Waals surface area contributed by atoms with Crippen molar-refractivity contribution in [2.45, 2.75) is 50.1 Å². The molecule has 4 heteroatoms. The van der Waals surface area contributed by atoms with Gasteiger partial charge in [-0.05, 0) is 43.9 Å². The van der Waals surface area contributed by atoms with Crippen LogP contribution in [0.3, 0.4) is 0 Å². The molecule has 1 aromatic carbocycles. The van der Waals surface area contributed by atoms with Gasteiger partial charge in [0.2, 0.25) is 0 Å². The van der Waals surface area contributed by atoms with Crippen molar-refractivity contribution in [2.75, 3.05) is 0 Å². The molecule has 2 N–H and O–H groups in total. The van der Waals surface area contributed by atoms with Crippen LogP contribution in [0.5, 0.6) is 0 Å². The molecule has 0 amide bonds. The lowest BCUT2D eigenvalue weighted by Crippen LogP contribution is -2.25. The molecule has 2 unspecified atom stereocenters. The number of fused-ring (bicyclic) bond motifs is 1. The molecule has 1 heterocycles. The Kier molecular flexibility index (Phi) is 2.71. The summed E-state index contributed by atoms with van der Waals surface area (Å²) in [6.07, 6.45) is 6.15. The van der Waals surface area contributed by atoms with Gasteiger partial charge >= 0.3 is 0 Å². The average molecular weight is 320 g/mol. The topological polar surface area (TPSA) is 43.8 Å². The van der Waals surface area contributed by atoms with Crippen LogP contribution in [-0.4, -0.2) is 15.6 Å². The Labute approximate surface area is 121 Å². The first-order chi connectivity index (χ1) is 9.24. The number of hydrogen-bond acceptors (Lipinski definition) is 2. The van der Waals surface area contributed by atoms with Crippen molar-refractivity contribution >= 4 is 27.0 Å². The standard InChI is InChI=1S/C15H18BrN3/c16-9-4-7-14-13(8-9)18-15(19(14)10-5-6-10)11-2-1-3-12(11)17/h4,7-8,10-12H,1-3,5-6,17H2. The SMILES string of the molecule is NC1CCCC1c1nc2cc(Br)ccc2n1C1CC1. The number of nitrogens with zero attached hydrogens (tertiary/aromatic N) is 2. The molecule has 3 nitrogen and oxygen atoms in total. The molecule has 2 aliphatic carbocycles. The Hall–Kier alpha value is -0.870. The molecule has 0 bridgehead atoms. The summed E-state index contributed by atoms with van der Waals surface area (Å²) < 4.78 is 3.57. The van der Waals surface area contributed by atoms with E-state index < -0.39 is 0 Å². The second-order valence-electron chi connectivity index (χ2n) is 5.91. The summed E-state index contributed by atoms with van der Waals surface area (Å²) in [6, 6.07) is 7.38. The van der Waals surface area contributed by atoms with Crippen LogP contribution in [0, 0.1) is 0 Å². The molecular weight excluding hydrogens is 302 g/mol. The summed E-state index contributed by atoms with van der Waals surface area (Å²) in [4.78, 5) is 4.92. The Morgan fingerprint density at radius 3 is 2.74 bits per heavy atom. The zero-order valence-corrected chi connectivity index (χ0v) is 12.4. The molecule has 2 aliphatic rings. The lowest BCUT2D eigenvalue weighted by molar-refractivity contribution is 0.546. The van der Waals surface area contributed by atoms with E-state index in [2.05, 4.69) is 38.7 Å². The van der Waals surface area contributed by atoms with Crippen molar-refractivity contribution in [3.63, 3.8) is 0 Å². The molecule has 2 atom stereocenters. The zero-order valence-electron chi connectivity index (χ0n) is 10.8. The molecule has 2 saturated carbocycles. The molecular formula is C15H18BrN3. The van der Waals surface area contributed by atoms with Gasteiger partial charge in [-0.1, -0.05) is 22.4 Å². The fraction of sp³-hybridized carbons (Fsp3) is 0.533. The quantitative estimate of drug-likeness (QED) is 0.916. The third-order valence-electron chi connectivity index (χ3n) is 4.49. The fourth-order valence-electron chi connectivity index (χ4n) is 3.38. The normalized spacial score (nSPS) is 27.3. The van der Waals surface area contributed by atoms with Crippen molar-refractivity contribution in [2.24, 2.45) is 5.73 Å². The molecule has 2 fully saturated rings. The molecule has 0 spiro atoms. The third kappa shape index (κ3) is 1.93. The number of benzene rings is 1. The van der Waals surface area contributed by atoms with Crippen molar-refractivity contribution in [1.82, 2.24) is 9.55 Å². The summed E-state index contributed by atoms with van der Waals surface area (Å²) in [7, 11) is 0. The van der Waals surface area contributed by atoms with Crippen LogP contribution in [-0.2, 0) is 0 Å². The maximum absolute atomic E-state index is 6.29. The monoisotopic (exact) mass is 319 g/mol. The van der Waals surface area contributed by atoms with Crippen LogP contribution in [0.25, 0.3) is 11.0 Å². The summed E-state index contributed by atoms with van der Waals surface area (Å²) in [5.74, 6) is 1.69. The van der Waals surface area contributed by atoms with E-state index in [1.54, 1.807) is 0 Å². The van der Waals surface area contributed by atoms with E-state index in [1.807, 2.05) is 0 Å². The summed E-state index contributed by atoms with van der Waals surface area (Å²) in [5.41, 5.74) is 8.67. The first-order valence-electron chi connectivity index (χ1n) is 7.17. The lowest BCUT2D eigenvalue weighted by Gasteiger charge is -2.17. The number of hydrogen-bond donors (Lipinski definition) is 1. The first kappa shape index (κ1) is 11.9. The van der Waals surface area contributed by atoms with Crippen LogP contribution >= 0.6 is 15.9 Å². The van der Waals surface area contributed by atoms with Crippen LogP contribution < -0.4 is 5.73 Å². The Bertz CT molecular complexity index is 630. The van der Waals surface area contributed by atoms with Crippen molar-refractivity contribution in [3.8, 4) is 0 Å². The summed E-state index contributed by atoms with van der Waals surface area (Å²) >= 11 is 3.54. The molecule has 100 valence electrons. The first-order valence-corrected chi connectivity index (χ1v) is 7.96. The zero-order chi connectivity index (χ0) is 13.0. The minimum atomic E-state index is 0.290. The largest absolute Gasteiger partial charge is 0.327 e. The van der Waals surface area contributed by atoms with Crippen molar-refractivity contribution < 1.29 is 0 Å². The lowest BCUT2D eigenvalue weighted by atomic mass is 10.0. The van der Waals surface area contributed by atoms with Gasteiger partial charge in [-0.2, -0.15) is 0 Å². The Balaban J connectivity index is 1.91. The summed E-state index contributed by atoms with van der Waals surface area (Å²) in [6.45, 7) is 0. The van der Waals surface area contributed by atoms with E-state index in [0.717, 1.165) is 16.4 Å². The van der Waals surface area contributed by atoms with Gasteiger partial charge in [-0.15, -0.1) is 0 Å². The van der Waals surface area contributed by atoms with Crippen LogP contribution in [0.15, 0.2) is 22.7 Å². The van der Waals surface area contributed by atoms with Gasteiger partial charge in [-0.25, -0.2) is 4.98 Å². The van der Waals surface area contributed by atoms with Gasteiger partial charge in [0.25, 0.3) is 0 Å². The average Bonchev–Trinajstić information content (AvgIpc) is 3.03. The molecule has 0 radical (unpaired) electrons. The number of aromatic nitrogens is 2. The minimum Gasteiger partial charge on any atom is -0.327 e. The van der Waals surface area contributed by atoms with Gasteiger partial charge in [0, 0.05) is 22.5 Å². The number of nitrogens with two attached hydrogens (primary N) is 1. The smallest absolute Gasteiger partial charge is 0.114 e.